The summed E-state index contributed by atoms with van der Waals surface area (Å²) in [6, 6.07) is 0. The highest BCUT2D eigenvalue weighted by atomic mass is 32.2. The monoisotopic (exact) mass is 256 g/mol. The van der Waals surface area contributed by atoms with Crippen molar-refractivity contribution in [3.05, 3.63) is 12.2 Å². The van der Waals surface area contributed by atoms with Crippen LogP contribution in [-0.2, 0) is 13.1 Å². The molecule has 5 heteroatoms. The zero-order valence-electron chi connectivity index (χ0n) is 11.3. The third-order valence-electron chi connectivity index (χ3n) is 2.19. The lowest BCUT2D eigenvalue weighted by atomic mass is 10.2. The Labute approximate surface area is 109 Å². The van der Waals surface area contributed by atoms with Gasteiger partial charge in [-0.15, -0.1) is 0 Å². The lowest BCUT2D eigenvalue weighted by Gasteiger charge is -2.05. The smallest absolute Gasteiger partial charge is 0.164 e. The van der Waals surface area contributed by atoms with Crippen molar-refractivity contribution in [2.75, 3.05) is 12.3 Å². The van der Waals surface area contributed by atoms with E-state index in [1.165, 1.54) is 0 Å². The van der Waals surface area contributed by atoms with Crippen LogP contribution < -0.4 is 5.32 Å². The Morgan fingerprint density at radius 2 is 2.12 bits per heavy atom. The molecular formula is C12H24N4S. The maximum atomic E-state index is 4.43. The molecule has 17 heavy (non-hydrogen) atoms. The molecule has 0 fully saturated rings. The molecule has 1 N–H and O–H groups in total. The predicted octanol–water partition coefficient (Wildman–Crippen LogP) is 2.17. The van der Waals surface area contributed by atoms with Gasteiger partial charge in [0.05, 0.1) is 13.1 Å². The van der Waals surface area contributed by atoms with Gasteiger partial charge < -0.3 is 5.32 Å². The number of aryl methyl sites for hydroxylation is 1. The minimum absolute atomic E-state index is 0.666. The molecule has 1 rings (SSSR count). The van der Waals surface area contributed by atoms with Gasteiger partial charge in [-0.1, -0.05) is 27.7 Å². The summed E-state index contributed by atoms with van der Waals surface area (Å²) in [7, 11) is 0. The first-order valence-electron chi connectivity index (χ1n) is 6.28. The van der Waals surface area contributed by atoms with Gasteiger partial charge in [0.25, 0.3) is 0 Å². The zero-order chi connectivity index (χ0) is 12.7. The van der Waals surface area contributed by atoms with Gasteiger partial charge in [-0.2, -0.15) is 16.9 Å². The van der Waals surface area contributed by atoms with E-state index in [1.54, 1.807) is 0 Å². The second-order valence-electron chi connectivity index (χ2n) is 4.87. The topological polar surface area (TPSA) is 42.7 Å². The molecule has 0 aliphatic rings. The Morgan fingerprint density at radius 3 is 2.76 bits per heavy atom. The Morgan fingerprint density at radius 1 is 1.35 bits per heavy atom. The van der Waals surface area contributed by atoms with Gasteiger partial charge in [0.2, 0.25) is 0 Å². The number of thioether (sulfide) groups is 1. The molecule has 1 aromatic heterocycles. The summed E-state index contributed by atoms with van der Waals surface area (Å²) in [4.78, 5) is 4.29. The summed E-state index contributed by atoms with van der Waals surface area (Å²) >= 11 is 1.95. The first kappa shape index (κ1) is 14.5. The highest BCUT2D eigenvalue weighted by molar-refractivity contribution is 7.99. The summed E-state index contributed by atoms with van der Waals surface area (Å²) in [5, 5.41) is 8.46. The molecule has 0 saturated carbocycles. The van der Waals surface area contributed by atoms with E-state index in [0.29, 0.717) is 11.2 Å². The second-order valence-corrected chi connectivity index (χ2v) is 6.55. The van der Waals surface area contributed by atoms with Crippen LogP contribution in [0.25, 0.3) is 0 Å². The third kappa shape index (κ3) is 6.68. The number of rotatable bonds is 8. The molecule has 4 nitrogen and oxygen atoms in total. The minimum atomic E-state index is 0.666. The van der Waals surface area contributed by atoms with E-state index >= 15 is 0 Å². The molecule has 1 heterocycles. The Bertz CT molecular complexity index is 281. The number of nitrogens with zero attached hydrogens (tertiary/aromatic N) is 3. The highest BCUT2D eigenvalue weighted by Gasteiger charge is 2.02. The average Bonchev–Trinajstić information content (AvgIpc) is 2.65. The lowest BCUT2D eigenvalue weighted by molar-refractivity contribution is 0.539. The van der Waals surface area contributed by atoms with Crippen molar-refractivity contribution in [2.24, 2.45) is 5.92 Å². The normalized spacial score (nSPS) is 11.6. The Kier molecular flexibility index (Phi) is 6.58. The van der Waals surface area contributed by atoms with Crippen molar-refractivity contribution in [1.29, 1.82) is 0 Å². The summed E-state index contributed by atoms with van der Waals surface area (Å²) in [5.41, 5.74) is 0. The Balaban J connectivity index is 2.23. The van der Waals surface area contributed by atoms with Crippen LogP contribution in [0, 0.1) is 5.92 Å². The molecule has 0 aromatic carbocycles. The first-order chi connectivity index (χ1) is 8.08. The maximum Gasteiger partial charge on any atom is 0.164 e. The van der Waals surface area contributed by atoms with Crippen molar-refractivity contribution >= 4 is 11.8 Å². The van der Waals surface area contributed by atoms with Crippen molar-refractivity contribution < 1.29 is 0 Å². The van der Waals surface area contributed by atoms with Crippen LogP contribution in [0.2, 0.25) is 0 Å². The minimum Gasteiger partial charge on any atom is -0.310 e. The van der Waals surface area contributed by atoms with Gasteiger partial charge >= 0.3 is 0 Å². The molecule has 0 atom stereocenters. The van der Waals surface area contributed by atoms with Crippen molar-refractivity contribution in [3.8, 4) is 0 Å². The first-order valence-corrected chi connectivity index (χ1v) is 7.33. The molecule has 98 valence electrons. The van der Waals surface area contributed by atoms with Gasteiger partial charge in [-0.3, -0.25) is 4.68 Å². The third-order valence-corrected chi connectivity index (χ3v) is 3.28. The summed E-state index contributed by atoms with van der Waals surface area (Å²) < 4.78 is 1.93. The molecule has 0 aliphatic heterocycles. The quantitative estimate of drug-likeness (QED) is 0.774. The van der Waals surface area contributed by atoms with Gasteiger partial charge in [-0.25, -0.2) is 4.98 Å². The van der Waals surface area contributed by atoms with E-state index < -0.39 is 0 Å². The average molecular weight is 256 g/mol. The number of hydrogen-bond donors (Lipinski definition) is 1. The molecule has 0 radical (unpaired) electrons. The van der Waals surface area contributed by atoms with Crippen LogP contribution in [0.15, 0.2) is 6.33 Å². The fourth-order valence-electron chi connectivity index (χ4n) is 1.38. The van der Waals surface area contributed by atoms with E-state index in [9.17, 15) is 0 Å². The van der Waals surface area contributed by atoms with Gasteiger partial charge in [-0.05, 0) is 17.7 Å². The van der Waals surface area contributed by atoms with Crippen LogP contribution in [0.5, 0.6) is 0 Å². The van der Waals surface area contributed by atoms with Gasteiger partial charge in [0, 0.05) is 5.75 Å². The largest absolute Gasteiger partial charge is 0.310 e. The van der Waals surface area contributed by atoms with Crippen molar-refractivity contribution in [3.63, 3.8) is 0 Å². The van der Waals surface area contributed by atoms with Gasteiger partial charge in [0.1, 0.15) is 6.33 Å². The Hall–Kier alpha value is -0.550. The highest BCUT2D eigenvalue weighted by Crippen LogP contribution is 2.08. The van der Waals surface area contributed by atoms with E-state index in [0.717, 1.165) is 31.2 Å². The fraction of sp³-hybridized carbons (Fsp3) is 0.833. The fourth-order valence-corrected chi connectivity index (χ4v) is 2.14. The molecule has 0 saturated heterocycles. The van der Waals surface area contributed by atoms with Gasteiger partial charge in [0.15, 0.2) is 5.82 Å². The van der Waals surface area contributed by atoms with E-state index in [1.807, 2.05) is 22.8 Å². The molecule has 0 aliphatic carbocycles. The zero-order valence-corrected chi connectivity index (χ0v) is 12.1. The summed E-state index contributed by atoms with van der Waals surface area (Å²) in [6.45, 7) is 11.5. The molecule has 1 aromatic rings. The number of aromatic nitrogens is 3. The van der Waals surface area contributed by atoms with Crippen molar-refractivity contribution in [2.45, 2.75) is 46.0 Å². The number of hydrogen-bond acceptors (Lipinski definition) is 4. The van der Waals surface area contributed by atoms with Crippen LogP contribution in [0.3, 0.4) is 0 Å². The van der Waals surface area contributed by atoms with Crippen LogP contribution in [-0.4, -0.2) is 32.3 Å². The molecule has 0 bridgehead atoms. The predicted molar refractivity (Wildman–Crippen MR) is 74.2 cm³/mol. The maximum absolute atomic E-state index is 4.43. The SMILES string of the molecule is CC(C)CNCc1ncn(CCSC(C)C)n1. The van der Waals surface area contributed by atoms with Crippen molar-refractivity contribution in [1.82, 2.24) is 20.1 Å². The van der Waals surface area contributed by atoms with Crippen LogP contribution in [0.4, 0.5) is 0 Å². The van der Waals surface area contributed by atoms with E-state index in [4.69, 9.17) is 0 Å². The molecule has 0 spiro atoms. The molecule has 0 unspecified atom stereocenters. The second kappa shape index (κ2) is 7.71. The summed E-state index contributed by atoms with van der Waals surface area (Å²) in [6.07, 6.45) is 1.83. The number of nitrogens with one attached hydrogen (secondary N) is 1. The van der Waals surface area contributed by atoms with E-state index in [2.05, 4.69) is 43.1 Å². The molecule has 0 amide bonds. The standard InChI is InChI=1S/C12H24N4S/c1-10(2)7-13-8-12-14-9-16(15-12)5-6-17-11(3)4/h9-11,13H,5-8H2,1-4H3. The summed E-state index contributed by atoms with van der Waals surface area (Å²) in [5.74, 6) is 2.65. The van der Waals surface area contributed by atoms with Crippen LogP contribution >= 0.6 is 11.8 Å². The lowest BCUT2D eigenvalue weighted by Crippen LogP contribution is -2.19. The van der Waals surface area contributed by atoms with E-state index in [-0.39, 0.29) is 0 Å². The molecular weight excluding hydrogens is 232 g/mol. The van der Waals surface area contributed by atoms with Crippen LogP contribution in [0.1, 0.15) is 33.5 Å².